The zero-order chi connectivity index (χ0) is 38.1. The summed E-state index contributed by atoms with van der Waals surface area (Å²) < 4.78 is 12.7. The van der Waals surface area contributed by atoms with Gasteiger partial charge in [-0.15, -0.1) is 0 Å². The van der Waals surface area contributed by atoms with E-state index in [1.165, 1.54) is 0 Å². The van der Waals surface area contributed by atoms with Crippen molar-refractivity contribution in [1.82, 2.24) is 20.4 Å². The van der Waals surface area contributed by atoms with Gasteiger partial charge in [-0.2, -0.15) is 0 Å². The Hall–Kier alpha value is -6.14. The fourth-order valence-electron chi connectivity index (χ4n) is 7.83. The zero-order valence-electron chi connectivity index (χ0n) is 30.7. The number of imide groups is 1. The van der Waals surface area contributed by atoms with E-state index < -0.39 is 11.9 Å². The average Bonchev–Trinajstić information content (AvgIpc) is 3.53. The quantitative estimate of drug-likeness (QED) is 0.185. The molecule has 1 atom stereocenters. The molecule has 0 aromatic heterocycles. The molecule has 4 aromatic rings. The molecule has 3 heterocycles. The molecule has 1 aliphatic carbocycles. The Morgan fingerprint density at radius 3 is 2.36 bits per heavy atom. The van der Waals surface area contributed by atoms with Gasteiger partial charge in [0.2, 0.25) is 11.8 Å². The molecule has 4 aliphatic rings. The van der Waals surface area contributed by atoms with Crippen molar-refractivity contribution >= 4 is 35.4 Å². The Morgan fingerprint density at radius 2 is 1.62 bits per heavy atom. The second-order valence-electron chi connectivity index (χ2n) is 14.3. The Bertz CT molecular complexity index is 2170. The summed E-state index contributed by atoms with van der Waals surface area (Å²) in [5.41, 5.74) is 6.95. The molecular weight excluding hydrogens is 699 g/mol. The first-order valence-corrected chi connectivity index (χ1v) is 18.8. The van der Waals surface area contributed by atoms with Crippen LogP contribution in [0.5, 0.6) is 17.2 Å². The molecule has 4 amide bonds. The lowest BCUT2D eigenvalue weighted by atomic mass is 9.90. The number of benzene rings is 4. The van der Waals surface area contributed by atoms with E-state index in [9.17, 15) is 24.3 Å². The van der Waals surface area contributed by atoms with Gasteiger partial charge in [-0.3, -0.25) is 29.4 Å². The predicted molar refractivity (Wildman–Crippen MR) is 207 cm³/mol. The van der Waals surface area contributed by atoms with Crippen LogP contribution >= 0.6 is 0 Å². The lowest BCUT2D eigenvalue weighted by Crippen LogP contribution is -2.52. The average molecular weight is 742 g/mol. The molecule has 12 heteroatoms. The minimum atomic E-state index is -0.617. The minimum Gasteiger partial charge on any atom is -0.512 e. The number of carbonyl (C=O) groups is 4. The van der Waals surface area contributed by atoms with Crippen molar-refractivity contribution < 1.29 is 33.8 Å². The maximum atomic E-state index is 13.1. The minimum absolute atomic E-state index is 0.144. The number of nitrogens with one attached hydrogen (secondary N) is 2. The number of hydrogen-bond donors (Lipinski definition) is 3. The highest BCUT2D eigenvalue weighted by molar-refractivity contribution is 6.05. The highest BCUT2D eigenvalue weighted by atomic mass is 16.5. The normalized spacial score (nSPS) is 18.3. The number of anilines is 1. The lowest BCUT2D eigenvalue weighted by Gasteiger charge is -2.36. The van der Waals surface area contributed by atoms with Gasteiger partial charge < -0.3 is 29.7 Å². The number of aliphatic hydroxyl groups is 1. The summed E-state index contributed by atoms with van der Waals surface area (Å²) in [5.74, 6) is 1.50. The lowest BCUT2D eigenvalue weighted by molar-refractivity contribution is -0.136. The zero-order valence-corrected chi connectivity index (χ0v) is 30.7. The van der Waals surface area contributed by atoms with Gasteiger partial charge in [0.25, 0.3) is 11.8 Å². The molecule has 55 heavy (non-hydrogen) atoms. The Balaban J connectivity index is 0.850. The monoisotopic (exact) mass is 741 g/mol. The van der Waals surface area contributed by atoms with Crippen LogP contribution in [0.25, 0.3) is 17.2 Å². The summed E-state index contributed by atoms with van der Waals surface area (Å²) in [7, 11) is 1.61. The Morgan fingerprint density at radius 1 is 0.873 bits per heavy atom. The van der Waals surface area contributed by atoms with E-state index in [0.29, 0.717) is 55.0 Å². The summed E-state index contributed by atoms with van der Waals surface area (Å²) in [6.07, 6.45) is 3.56. The number of rotatable bonds is 10. The largest absolute Gasteiger partial charge is 0.512 e. The summed E-state index contributed by atoms with van der Waals surface area (Å²) in [4.78, 5) is 55.5. The van der Waals surface area contributed by atoms with E-state index >= 15 is 0 Å². The predicted octanol–water partition coefficient (Wildman–Crippen LogP) is 5.31. The maximum absolute atomic E-state index is 13.1. The van der Waals surface area contributed by atoms with Crippen molar-refractivity contribution in [1.29, 1.82) is 0 Å². The van der Waals surface area contributed by atoms with Crippen molar-refractivity contribution in [2.24, 2.45) is 0 Å². The van der Waals surface area contributed by atoms with Gasteiger partial charge in [-0.25, -0.2) is 0 Å². The molecule has 1 unspecified atom stereocenters. The van der Waals surface area contributed by atoms with E-state index in [0.717, 1.165) is 77.7 Å². The number of piperidine rings is 1. The van der Waals surface area contributed by atoms with Crippen molar-refractivity contribution in [2.45, 2.75) is 38.3 Å². The maximum Gasteiger partial charge on any atom is 0.255 e. The number of amides is 4. The van der Waals surface area contributed by atoms with Gasteiger partial charge in [-0.05, 0) is 90.2 Å². The fraction of sp³-hybridized carbons (Fsp3) is 0.302. The summed E-state index contributed by atoms with van der Waals surface area (Å²) in [6.45, 7) is 5.12. The number of carbonyl (C=O) groups excluding carboxylic acids is 4. The molecular formula is C43H43N5O7. The standard InChI is InChI=1S/C43H43N5O7/c1-44-41(51)28-4-2-27(3-5-28)35-13-6-29-25-32(49)8-15-36(29)40(35)55-34-11-9-33(10-12-34)54-23-22-46-18-20-47(21-19-46)31-7-14-37-30(24-31)26-48(43(37)53)38-16-17-39(50)45-42(38)52/h2-7,9-14,24-25,38,49H,8,15-23,26H2,1H3,(H,44,51)(H,45,50,52). The molecule has 0 radical (unpaired) electrons. The van der Waals surface area contributed by atoms with Crippen LogP contribution in [-0.4, -0.2) is 91.0 Å². The summed E-state index contributed by atoms with van der Waals surface area (Å²) >= 11 is 0. The highest BCUT2D eigenvalue weighted by Crippen LogP contribution is 2.42. The van der Waals surface area contributed by atoms with E-state index in [-0.39, 0.29) is 24.1 Å². The van der Waals surface area contributed by atoms with Gasteiger partial charge in [0.1, 0.15) is 29.9 Å². The van der Waals surface area contributed by atoms with Crippen LogP contribution < -0.4 is 25.0 Å². The Labute approximate surface area is 319 Å². The smallest absolute Gasteiger partial charge is 0.255 e. The molecule has 8 rings (SSSR count). The summed E-state index contributed by atoms with van der Waals surface area (Å²) in [6, 6.07) is 24.3. The SMILES string of the molecule is CNC(=O)c1ccc(-c2ccc3c(c2Oc2ccc(OCCN4CCN(c5ccc6c(c5)CN(C5CCC(=O)NC5=O)C6=O)CC4)cc2)CCC(O)=C3)cc1. The van der Waals surface area contributed by atoms with E-state index in [1.807, 2.05) is 60.7 Å². The molecule has 3 N–H and O–H groups in total. The van der Waals surface area contributed by atoms with Gasteiger partial charge in [0.05, 0.1) is 5.76 Å². The van der Waals surface area contributed by atoms with Crippen LogP contribution in [-0.2, 0) is 22.6 Å². The number of fused-ring (bicyclic) bond motifs is 2. The molecule has 2 saturated heterocycles. The van der Waals surface area contributed by atoms with Crippen molar-refractivity contribution in [3.63, 3.8) is 0 Å². The number of nitrogens with zero attached hydrogens (tertiary/aromatic N) is 3. The Kier molecular flexibility index (Phi) is 9.98. The summed E-state index contributed by atoms with van der Waals surface area (Å²) in [5, 5.41) is 15.2. The molecule has 4 aromatic carbocycles. The van der Waals surface area contributed by atoms with Crippen LogP contribution in [0.3, 0.4) is 0 Å². The van der Waals surface area contributed by atoms with Gasteiger partial charge in [0, 0.05) is 87.1 Å². The third-order valence-corrected chi connectivity index (χ3v) is 10.9. The first kappa shape index (κ1) is 35.9. The number of hydrogen-bond acceptors (Lipinski definition) is 9. The van der Waals surface area contributed by atoms with Crippen LogP contribution in [0.15, 0.2) is 84.6 Å². The molecule has 0 bridgehead atoms. The van der Waals surface area contributed by atoms with Crippen LogP contribution in [0.4, 0.5) is 5.69 Å². The van der Waals surface area contributed by atoms with Crippen LogP contribution in [0.2, 0.25) is 0 Å². The van der Waals surface area contributed by atoms with Crippen molar-refractivity contribution in [3.8, 4) is 28.4 Å². The topological polar surface area (TPSA) is 141 Å². The molecule has 12 nitrogen and oxygen atoms in total. The second kappa shape index (κ2) is 15.3. The third-order valence-electron chi connectivity index (χ3n) is 10.9. The number of ether oxygens (including phenoxy) is 2. The van der Waals surface area contributed by atoms with Crippen LogP contribution in [0, 0.1) is 0 Å². The highest BCUT2D eigenvalue weighted by Gasteiger charge is 2.39. The molecule has 0 saturated carbocycles. The number of aliphatic hydroxyl groups excluding tert-OH is 1. The number of allylic oxidation sites excluding steroid dienone is 1. The van der Waals surface area contributed by atoms with E-state index in [1.54, 1.807) is 30.2 Å². The van der Waals surface area contributed by atoms with Gasteiger partial charge >= 0.3 is 0 Å². The van der Waals surface area contributed by atoms with Crippen LogP contribution in [0.1, 0.15) is 56.7 Å². The molecule has 2 fully saturated rings. The molecule has 282 valence electrons. The van der Waals surface area contributed by atoms with Gasteiger partial charge in [-0.1, -0.05) is 24.3 Å². The van der Waals surface area contributed by atoms with Gasteiger partial charge in [0.15, 0.2) is 0 Å². The van der Waals surface area contributed by atoms with E-state index in [2.05, 4.69) is 26.5 Å². The molecule has 0 spiro atoms. The van der Waals surface area contributed by atoms with Crippen molar-refractivity contribution in [2.75, 3.05) is 51.3 Å². The van der Waals surface area contributed by atoms with Crippen molar-refractivity contribution in [3.05, 3.63) is 112 Å². The second-order valence-corrected chi connectivity index (χ2v) is 14.3. The first-order chi connectivity index (χ1) is 26.7. The first-order valence-electron chi connectivity index (χ1n) is 18.8. The van der Waals surface area contributed by atoms with E-state index in [4.69, 9.17) is 9.47 Å². The number of piperazine rings is 1. The third kappa shape index (κ3) is 7.50. The fourth-order valence-corrected chi connectivity index (χ4v) is 7.83. The molecule has 3 aliphatic heterocycles.